The molecule has 25 heavy (non-hydrogen) atoms. The Bertz CT molecular complexity index is 743. The standard InChI is InChI=1S/C18H20Cl2N4O/c1-2-23-7-9-24(10-8-23)17-6-3-13(12-21-17)18(25)22-16-11-14(19)4-5-15(16)20/h3-6,11-12H,2,7-10H2,1H3,(H,22,25). The van der Waals surface area contributed by atoms with Crippen molar-refractivity contribution >= 4 is 40.6 Å². The number of rotatable bonds is 4. The van der Waals surface area contributed by atoms with E-state index in [4.69, 9.17) is 23.2 Å². The number of halogens is 2. The van der Waals surface area contributed by atoms with Crippen LogP contribution >= 0.6 is 23.2 Å². The number of anilines is 2. The van der Waals surface area contributed by atoms with Gasteiger partial charge in [-0.05, 0) is 36.9 Å². The first-order chi connectivity index (χ1) is 12.1. The summed E-state index contributed by atoms with van der Waals surface area (Å²) < 4.78 is 0. The Labute approximate surface area is 157 Å². The summed E-state index contributed by atoms with van der Waals surface area (Å²) in [5.74, 6) is 0.632. The van der Waals surface area contributed by atoms with Crippen LogP contribution in [-0.2, 0) is 0 Å². The highest BCUT2D eigenvalue weighted by Crippen LogP contribution is 2.26. The fourth-order valence-corrected chi connectivity index (χ4v) is 3.13. The number of piperazine rings is 1. The third-order valence-electron chi connectivity index (χ3n) is 4.33. The van der Waals surface area contributed by atoms with Gasteiger partial charge in [0.15, 0.2) is 0 Å². The third-order valence-corrected chi connectivity index (χ3v) is 4.89. The maximum absolute atomic E-state index is 12.4. The number of amides is 1. The van der Waals surface area contributed by atoms with Crippen LogP contribution in [0.15, 0.2) is 36.5 Å². The van der Waals surface area contributed by atoms with Crippen LogP contribution in [0, 0.1) is 0 Å². The summed E-state index contributed by atoms with van der Waals surface area (Å²) in [6, 6.07) is 8.61. The lowest BCUT2D eigenvalue weighted by atomic mass is 10.2. The molecule has 0 atom stereocenters. The molecule has 0 spiro atoms. The Balaban J connectivity index is 1.66. The molecule has 1 N–H and O–H groups in total. The number of hydrogen-bond acceptors (Lipinski definition) is 4. The predicted molar refractivity (Wildman–Crippen MR) is 103 cm³/mol. The van der Waals surface area contributed by atoms with Gasteiger partial charge in [0.25, 0.3) is 5.91 Å². The molecule has 3 rings (SSSR count). The smallest absolute Gasteiger partial charge is 0.257 e. The van der Waals surface area contributed by atoms with Crippen LogP contribution in [0.2, 0.25) is 10.0 Å². The van der Waals surface area contributed by atoms with Gasteiger partial charge in [-0.2, -0.15) is 0 Å². The zero-order chi connectivity index (χ0) is 17.8. The second-order valence-electron chi connectivity index (χ2n) is 5.90. The minimum atomic E-state index is -0.265. The van der Waals surface area contributed by atoms with E-state index in [1.165, 1.54) is 0 Å². The molecule has 0 aliphatic carbocycles. The first kappa shape index (κ1) is 18.0. The average molecular weight is 379 g/mol. The SMILES string of the molecule is CCN1CCN(c2ccc(C(=O)Nc3cc(Cl)ccc3Cl)cn2)CC1. The fraction of sp³-hybridized carbons (Fsp3) is 0.333. The molecule has 2 aromatic rings. The van der Waals surface area contributed by atoms with Crippen LogP contribution in [0.25, 0.3) is 0 Å². The van der Waals surface area contributed by atoms with Gasteiger partial charge < -0.3 is 15.1 Å². The number of pyridine rings is 1. The van der Waals surface area contributed by atoms with E-state index in [0.29, 0.717) is 21.3 Å². The summed E-state index contributed by atoms with van der Waals surface area (Å²) in [6.07, 6.45) is 1.59. The number of nitrogens with zero attached hydrogens (tertiary/aromatic N) is 3. The van der Waals surface area contributed by atoms with Gasteiger partial charge in [-0.25, -0.2) is 4.98 Å². The number of aromatic nitrogens is 1. The molecule has 1 aromatic carbocycles. The molecule has 132 valence electrons. The van der Waals surface area contributed by atoms with Gasteiger partial charge in [0, 0.05) is 37.4 Å². The Morgan fingerprint density at radius 1 is 1.16 bits per heavy atom. The highest BCUT2D eigenvalue weighted by Gasteiger charge is 2.17. The van der Waals surface area contributed by atoms with Gasteiger partial charge in [0.05, 0.1) is 16.3 Å². The second-order valence-corrected chi connectivity index (χ2v) is 6.75. The molecule has 5 nitrogen and oxygen atoms in total. The summed E-state index contributed by atoms with van der Waals surface area (Å²) >= 11 is 12.0. The molecule has 1 aromatic heterocycles. The molecular formula is C18H20Cl2N4O. The lowest BCUT2D eigenvalue weighted by Crippen LogP contribution is -2.46. The van der Waals surface area contributed by atoms with Crippen molar-refractivity contribution in [2.24, 2.45) is 0 Å². The lowest BCUT2D eigenvalue weighted by molar-refractivity contribution is 0.102. The quantitative estimate of drug-likeness (QED) is 0.879. The largest absolute Gasteiger partial charge is 0.354 e. The Kier molecular flexibility index (Phi) is 5.78. The summed E-state index contributed by atoms with van der Waals surface area (Å²) in [4.78, 5) is 21.5. The van der Waals surface area contributed by atoms with Crippen molar-refractivity contribution in [2.75, 3.05) is 42.9 Å². The van der Waals surface area contributed by atoms with Crippen molar-refractivity contribution in [3.8, 4) is 0 Å². The van der Waals surface area contributed by atoms with Gasteiger partial charge in [-0.15, -0.1) is 0 Å². The minimum absolute atomic E-state index is 0.265. The van der Waals surface area contributed by atoms with E-state index in [1.54, 1.807) is 30.5 Å². The first-order valence-electron chi connectivity index (χ1n) is 8.26. The van der Waals surface area contributed by atoms with E-state index in [2.05, 4.69) is 27.0 Å². The van der Waals surface area contributed by atoms with Gasteiger partial charge in [0.1, 0.15) is 5.82 Å². The van der Waals surface area contributed by atoms with Crippen LogP contribution in [0.1, 0.15) is 17.3 Å². The molecule has 1 amide bonds. The van der Waals surface area contributed by atoms with Gasteiger partial charge in [0.2, 0.25) is 0 Å². The monoisotopic (exact) mass is 378 g/mol. The number of carbonyl (C=O) groups excluding carboxylic acids is 1. The maximum atomic E-state index is 12.4. The topological polar surface area (TPSA) is 48.5 Å². The molecule has 1 aliphatic rings. The summed E-state index contributed by atoms with van der Waals surface area (Å²) in [7, 11) is 0. The molecule has 0 saturated carbocycles. The fourth-order valence-electron chi connectivity index (χ4n) is 2.79. The van der Waals surface area contributed by atoms with E-state index < -0.39 is 0 Å². The molecule has 0 radical (unpaired) electrons. The van der Waals surface area contributed by atoms with Crippen molar-refractivity contribution < 1.29 is 4.79 Å². The van der Waals surface area contributed by atoms with Crippen molar-refractivity contribution in [2.45, 2.75) is 6.92 Å². The normalized spacial score (nSPS) is 15.2. The molecule has 1 fully saturated rings. The van der Waals surface area contributed by atoms with Crippen molar-refractivity contribution in [3.05, 3.63) is 52.1 Å². The van der Waals surface area contributed by atoms with Crippen LogP contribution in [0.3, 0.4) is 0 Å². The summed E-state index contributed by atoms with van der Waals surface area (Å²) in [5.41, 5.74) is 0.964. The van der Waals surface area contributed by atoms with E-state index in [-0.39, 0.29) is 5.91 Å². The molecule has 2 heterocycles. The van der Waals surface area contributed by atoms with Crippen molar-refractivity contribution in [1.82, 2.24) is 9.88 Å². The number of likely N-dealkylation sites (N-methyl/N-ethyl adjacent to an activating group) is 1. The third kappa shape index (κ3) is 4.42. The summed E-state index contributed by atoms with van der Waals surface area (Å²) in [5, 5.41) is 3.72. The molecule has 1 aliphatic heterocycles. The Hall–Kier alpha value is -1.82. The van der Waals surface area contributed by atoms with Crippen LogP contribution in [0.4, 0.5) is 11.5 Å². The van der Waals surface area contributed by atoms with Gasteiger partial charge >= 0.3 is 0 Å². The van der Waals surface area contributed by atoms with E-state index in [9.17, 15) is 4.79 Å². The molecule has 1 saturated heterocycles. The number of carbonyl (C=O) groups is 1. The Morgan fingerprint density at radius 2 is 1.92 bits per heavy atom. The van der Waals surface area contributed by atoms with Gasteiger partial charge in [-0.3, -0.25) is 4.79 Å². The summed E-state index contributed by atoms with van der Waals surface area (Å²) in [6.45, 7) is 7.22. The average Bonchev–Trinajstić information content (AvgIpc) is 2.65. The lowest BCUT2D eigenvalue weighted by Gasteiger charge is -2.34. The van der Waals surface area contributed by atoms with Crippen molar-refractivity contribution in [3.63, 3.8) is 0 Å². The molecule has 7 heteroatoms. The highest BCUT2D eigenvalue weighted by atomic mass is 35.5. The molecule has 0 bridgehead atoms. The van der Waals surface area contributed by atoms with E-state index >= 15 is 0 Å². The predicted octanol–water partition coefficient (Wildman–Crippen LogP) is 3.78. The van der Waals surface area contributed by atoms with Crippen LogP contribution in [-0.4, -0.2) is 48.5 Å². The van der Waals surface area contributed by atoms with Crippen molar-refractivity contribution in [1.29, 1.82) is 0 Å². The number of hydrogen-bond donors (Lipinski definition) is 1. The maximum Gasteiger partial charge on any atom is 0.257 e. The number of benzene rings is 1. The van der Waals surface area contributed by atoms with Crippen LogP contribution < -0.4 is 10.2 Å². The van der Waals surface area contributed by atoms with Crippen LogP contribution in [0.5, 0.6) is 0 Å². The zero-order valence-corrected chi connectivity index (χ0v) is 15.5. The highest BCUT2D eigenvalue weighted by molar-refractivity contribution is 6.35. The molecule has 0 unspecified atom stereocenters. The number of nitrogens with one attached hydrogen (secondary N) is 1. The van der Waals surface area contributed by atoms with Gasteiger partial charge in [-0.1, -0.05) is 30.1 Å². The van der Waals surface area contributed by atoms with E-state index in [0.717, 1.165) is 38.5 Å². The first-order valence-corrected chi connectivity index (χ1v) is 9.02. The second kappa shape index (κ2) is 8.04. The molecular weight excluding hydrogens is 359 g/mol. The minimum Gasteiger partial charge on any atom is -0.354 e. The zero-order valence-electron chi connectivity index (χ0n) is 14.0. The Morgan fingerprint density at radius 3 is 2.56 bits per heavy atom. The van der Waals surface area contributed by atoms with E-state index in [1.807, 2.05) is 6.07 Å².